The minimum absolute atomic E-state index is 0.0268. The Morgan fingerprint density at radius 1 is 1.20 bits per heavy atom. The molecule has 0 aromatic rings. The van der Waals surface area contributed by atoms with E-state index in [0.717, 1.165) is 12.8 Å². The highest BCUT2D eigenvalue weighted by atomic mass is 16.5. The number of rotatable bonds is 5. The minimum atomic E-state index is -0.337. The molecule has 0 saturated heterocycles. The summed E-state index contributed by atoms with van der Waals surface area (Å²) < 4.78 is 10.8. The van der Waals surface area contributed by atoms with E-state index in [1.807, 2.05) is 6.08 Å². The monoisotopic (exact) mass is 350 g/mol. The van der Waals surface area contributed by atoms with Crippen LogP contribution in [0.1, 0.15) is 60.8 Å². The fourth-order valence-corrected chi connectivity index (χ4v) is 4.41. The van der Waals surface area contributed by atoms with Gasteiger partial charge < -0.3 is 9.47 Å². The van der Waals surface area contributed by atoms with Gasteiger partial charge in [0.25, 0.3) is 0 Å². The summed E-state index contributed by atoms with van der Waals surface area (Å²) in [4.78, 5) is 24.5. The lowest BCUT2D eigenvalue weighted by Crippen LogP contribution is -2.36. The first kappa shape index (κ1) is 20.0. The second-order valence-corrected chi connectivity index (χ2v) is 8.97. The summed E-state index contributed by atoms with van der Waals surface area (Å²) in [6.07, 6.45) is 5.22. The lowest BCUT2D eigenvalue weighted by molar-refractivity contribution is -0.158. The van der Waals surface area contributed by atoms with Crippen molar-refractivity contribution in [2.24, 2.45) is 35.0 Å². The first-order valence-electron chi connectivity index (χ1n) is 9.56. The Bertz CT molecular complexity index is 546. The Morgan fingerprint density at radius 3 is 2.40 bits per heavy atom. The van der Waals surface area contributed by atoms with Crippen molar-refractivity contribution < 1.29 is 19.1 Å². The van der Waals surface area contributed by atoms with Gasteiger partial charge in [-0.15, -0.1) is 0 Å². The molecule has 0 spiro atoms. The minimum Gasteiger partial charge on any atom is -0.466 e. The molecule has 0 aromatic carbocycles. The van der Waals surface area contributed by atoms with E-state index in [9.17, 15) is 9.59 Å². The zero-order valence-electron chi connectivity index (χ0n) is 16.8. The molecular formula is C21H34O4. The third kappa shape index (κ3) is 4.27. The molecule has 5 atom stereocenters. The smallest absolute Gasteiger partial charge is 0.333 e. The molecule has 142 valence electrons. The van der Waals surface area contributed by atoms with Gasteiger partial charge in [-0.25, -0.2) is 4.79 Å². The van der Waals surface area contributed by atoms with Crippen LogP contribution in [0, 0.1) is 35.0 Å². The first-order chi connectivity index (χ1) is 11.6. The lowest BCUT2D eigenvalue weighted by Gasteiger charge is -2.36. The van der Waals surface area contributed by atoms with Crippen molar-refractivity contribution in [3.8, 4) is 0 Å². The van der Waals surface area contributed by atoms with E-state index in [1.54, 1.807) is 6.92 Å². The van der Waals surface area contributed by atoms with Crippen LogP contribution in [0.4, 0.5) is 0 Å². The van der Waals surface area contributed by atoms with Crippen molar-refractivity contribution in [3.05, 3.63) is 11.6 Å². The maximum absolute atomic E-state index is 12.8. The molecule has 4 heteroatoms. The number of methoxy groups -OCH3 is 1. The van der Waals surface area contributed by atoms with Gasteiger partial charge in [-0.05, 0) is 48.9 Å². The maximum atomic E-state index is 12.8. The van der Waals surface area contributed by atoms with Crippen LogP contribution in [0.25, 0.3) is 0 Å². The molecule has 5 unspecified atom stereocenters. The van der Waals surface area contributed by atoms with Crippen LogP contribution in [-0.4, -0.2) is 25.2 Å². The van der Waals surface area contributed by atoms with Gasteiger partial charge in [0, 0.05) is 5.57 Å². The van der Waals surface area contributed by atoms with Crippen LogP contribution >= 0.6 is 0 Å². The number of hydrogen-bond donors (Lipinski definition) is 0. The van der Waals surface area contributed by atoms with Crippen LogP contribution in [0.3, 0.4) is 0 Å². The number of ether oxygens (including phenoxy) is 2. The molecule has 2 fully saturated rings. The summed E-state index contributed by atoms with van der Waals surface area (Å²) in [7, 11) is 1.37. The van der Waals surface area contributed by atoms with Crippen molar-refractivity contribution in [1.82, 2.24) is 0 Å². The van der Waals surface area contributed by atoms with Crippen LogP contribution in [0.2, 0.25) is 0 Å². The van der Waals surface area contributed by atoms with E-state index in [-0.39, 0.29) is 35.3 Å². The third-order valence-corrected chi connectivity index (χ3v) is 6.33. The highest BCUT2D eigenvalue weighted by Gasteiger charge is 2.62. The normalized spacial score (nSPS) is 34.6. The average molecular weight is 350 g/mol. The van der Waals surface area contributed by atoms with Gasteiger partial charge in [0.05, 0.1) is 13.0 Å². The van der Waals surface area contributed by atoms with Crippen molar-refractivity contribution in [3.63, 3.8) is 0 Å². The summed E-state index contributed by atoms with van der Waals surface area (Å²) in [5.74, 6) is 1.01. The number of carbonyl (C=O) groups excluding carboxylic acids is 2. The Morgan fingerprint density at radius 2 is 1.84 bits per heavy atom. The SMILES string of the molecule is COC(=O)C(C)=CC1C(C(=O)OC2CC(C)CCC2C(C)C)C1(C)C. The summed E-state index contributed by atoms with van der Waals surface area (Å²) in [6, 6.07) is 0. The van der Waals surface area contributed by atoms with Crippen LogP contribution in [0.5, 0.6) is 0 Å². The van der Waals surface area contributed by atoms with Gasteiger partial charge in [0.2, 0.25) is 0 Å². The molecule has 0 radical (unpaired) electrons. The van der Waals surface area contributed by atoms with E-state index in [0.29, 0.717) is 23.3 Å². The fourth-order valence-electron chi connectivity index (χ4n) is 4.41. The van der Waals surface area contributed by atoms with E-state index in [1.165, 1.54) is 13.5 Å². The molecule has 0 aliphatic heterocycles. The van der Waals surface area contributed by atoms with Crippen molar-refractivity contribution in [1.29, 1.82) is 0 Å². The maximum Gasteiger partial charge on any atom is 0.333 e. The topological polar surface area (TPSA) is 52.6 Å². The van der Waals surface area contributed by atoms with Gasteiger partial charge in [-0.1, -0.05) is 47.1 Å². The predicted octanol–water partition coefficient (Wildman–Crippen LogP) is 4.38. The summed E-state index contributed by atoms with van der Waals surface area (Å²) in [5.41, 5.74) is 0.391. The summed E-state index contributed by atoms with van der Waals surface area (Å²) in [6.45, 7) is 12.5. The van der Waals surface area contributed by atoms with Gasteiger partial charge >= 0.3 is 11.9 Å². The Balaban J connectivity index is 2.06. The fraction of sp³-hybridized carbons (Fsp3) is 0.810. The number of carbonyl (C=O) groups is 2. The quantitative estimate of drug-likeness (QED) is 0.545. The average Bonchev–Trinajstić information content (AvgIpc) is 3.06. The van der Waals surface area contributed by atoms with E-state index >= 15 is 0 Å². The van der Waals surface area contributed by atoms with Crippen molar-refractivity contribution >= 4 is 11.9 Å². The van der Waals surface area contributed by atoms with E-state index in [4.69, 9.17) is 9.47 Å². The highest BCUT2D eigenvalue weighted by molar-refractivity contribution is 5.88. The second kappa shape index (κ2) is 7.51. The van der Waals surface area contributed by atoms with Gasteiger partial charge in [-0.2, -0.15) is 0 Å². The summed E-state index contributed by atoms with van der Waals surface area (Å²) in [5, 5.41) is 0. The van der Waals surface area contributed by atoms with E-state index < -0.39 is 0 Å². The lowest BCUT2D eigenvalue weighted by atomic mass is 9.75. The summed E-state index contributed by atoms with van der Waals surface area (Å²) >= 11 is 0. The molecule has 2 rings (SSSR count). The molecule has 25 heavy (non-hydrogen) atoms. The molecule has 2 aliphatic carbocycles. The largest absolute Gasteiger partial charge is 0.466 e. The molecule has 2 aliphatic rings. The number of allylic oxidation sites excluding steroid dienone is 1. The van der Waals surface area contributed by atoms with Crippen LogP contribution in [-0.2, 0) is 19.1 Å². The standard InChI is InChI=1S/C21H34O4/c1-12(2)15-9-8-13(3)10-17(15)25-20(23)18-16(21(18,5)6)11-14(4)19(22)24-7/h11-13,15-18H,8-10H2,1-7H3. The predicted molar refractivity (Wildman–Crippen MR) is 97.8 cm³/mol. The molecular weight excluding hydrogens is 316 g/mol. The Hall–Kier alpha value is -1.32. The molecule has 4 nitrogen and oxygen atoms in total. The Kier molecular flexibility index (Phi) is 6.01. The van der Waals surface area contributed by atoms with Gasteiger partial charge in [0.15, 0.2) is 0 Å². The number of esters is 2. The molecule has 2 saturated carbocycles. The van der Waals surface area contributed by atoms with Gasteiger partial charge in [0.1, 0.15) is 6.10 Å². The van der Waals surface area contributed by atoms with Crippen molar-refractivity contribution in [2.75, 3.05) is 7.11 Å². The zero-order valence-corrected chi connectivity index (χ0v) is 16.8. The molecule has 0 N–H and O–H groups in total. The second-order valence-electron chi connectivity index (χ2n) is 8.97. The molecule has 0 heterocycles. The zero-order chi connectivity index (χ0) is 18.9. The molecule has 0 amide bonds. The van der Waals surface area contributed by atoms with Crippen LogP contribution in [0.15, 0.2) is 11.6 Å². The third-order valence-electron chi connectivity index (χ3n) is 6.33. The van der Waals surface area contributed by atoms with E-state index in [2.05, 4.69) is 34.6 Å². The first-order valence-corrected chi connectivity index (χ1v) is 9.56. The highest BCUT2D eigenvalue weighted by Crippen LogP contribution is 2.60. The van der Waals surface area contributed by atoms with Gasteiger partial charge in [-0.3, -0.25) is 4.79 Å². The Labute approximate surface area is 152 Å². The molecule has 0 bridgehead atoms. The number of hydrogen-bond acceptors (Lipinski definition) is 4. The van der Waals surface area contributed by atoms with Crippen LogP contribution < -0.4 is 0 Å². The molecule has 0 aromatic heterocycles. The van der Waals surface area contributed by atoms with Crippen molar-refractivity contribution in [2.45, 2.75) is 66.9 Å².